The summed E-state index contributed by atoms with van der Waals surface area (Å²) in [5.41, 5.74) is 6.24. The molecule has 4 atom stereocenters. The third-order valence-electron chi connectivity index (χ3n) is 5.68. The number of thiazole rings is 1. The molecule has 1 fully saturated rings. The minimum absolute atomic E-state index is 0.00192. The van der Waals surface area contributed by atoms with Gasteiger partial charge in [-0.05, 0) is 6.92 Å². The number of carboxylic acid groups (broad SMARTS) is 1. The second-order valence-corrected chi connectivity index (χ2v) is 10.0. The van der Waals surface area contributed by atoms with Crippen LogP contribution in [0.15, 0.2) is 14.9 Å². The molecule has 1 saturated heterocycles. The Balaban J connectivity index is 1.58. The van der Waals surface area contributed by atoms with Gasteiger partial charge in [0.15, 0.2) is 4.34 Å². The molecule has 0 radical (unpaired) electrons. The lowest BCUT2D eigenvalue weighted by Gasteiger charge is -2.46. The van der Waals surface area contributed by atoms with Gasteiger partial charge < -0.3 is 20.8 Å². The van der Waals surface area contributed by atoms with Crippen molar-refractivity contribution in [3.8, 4) is 0 Å². The van der Waals surface area contributed by atoms with E-state index < -0.39 is 18.0 Å². The topological polar surface area (TPSA) is 137 Å². The highest BCUT2D eigenvalue weighted by Gasteiger charge is 2.60. The number of nitrogens with zero attached hydrogens (tertiary/aromatic N) is 3. The van der Waals surface area contributed by atoms with Crippen LogP contribution in [-0.4, -0.2) is 68.0 Å². The van der Waals surface area contributed by atoms with Crippen LogP contribution in [0.3, 0.4) is 0 Å². The van der Waals surface area contributed by atoms with Gasteiger partial charge in [0, 0.05) is 35.2 Å². The number of aliphatic hydroxyl groups excluding tert-OH is 1. The van der Waals surface area contributed by atoms with E-state index in [0.717, 1.165) is 14.9 Å². The van der Waals surface area contributed by atoms with E-state index in [1.165, 1.54) is 28.0 Å². The number of fused-ring (bicyclic) bond motifs is 2. The van der Waals surface area contributed by atoms with Gasteiger partial charge in [-0.15, -0.1) is 11.3 Å². The van der Waals surface area contributed by atoms with Gasteiger partial charge in [0.1, 0.15) is 5.70 Å². The van der Waals surface area contributed by atoms with Crippen LogP contribution < -0.4 is 5.73 Å². The summed E-state index contributed by atoms with van der Waals surface area (Å²) in [7, 11) is 0. The number of hydrogen-bond acceptors (Lipinski definition) is 8. The van der Waals surface area contributed by atoms with Crippen LogP contribution in [0.4, 0.5) is 0 Å². The number of aliphatic hydroxyl groups is 1. The van der Waals surface area contributed by atoms with Crippen LogP contribution in [0.25, 0.3) is 0 Å². The van der Waals surface area contributed by atoms with Crippen molar-refractivity contribution in [1.82, 2.24) is 14.8 Å². The second kappa shape index (κ2) is 7.38. The molecule has 0 aromatic carbocycles. The number of hydrogen-bond donors (Lipinski definition) is 3. The maximum Gasteiger partial charge on any atom is 0.353 e. The number of aliphatic carboxylic acids is 1. The molecule has 3 aliphatic rings. The number of carbonyl (C=O) groups excluding carboxylic acids is 2. The Morgan fingerprint density at radius 3 is 2.79 bits per heavy atom. The monoisotopic (exact) mass is 438 g/mol. The average molecular weight is 439 g/mol. The zero-order valence-corrected chi connectivity index (χ0v) is 17.6. The average Bonchev–Trinajstić information content (AvgIpc) is 3.11. The highest BCUT2D eigenvalue weighted by atomic mass is 32.2. The van der Waals surface area contributed by atoms with Crippen molar-refractivity contribution in [1.29, 1.82) is 0 Å². The third-order valence-corrected chi connectivity index (χ3v) is 8.11. The lowest BCUT2D eigenvalue weighted by molar-refractivity contribution is -0.163. The van der Waals surface area contributed by atoms with Crippen molar-refractivity contribution >= 4 is 40.9 Å². The van der Waals surface area contributed by atoms with Crippen molar-refractivity contribution in [2.24, 2.45) is 17.6 Å². The number of nitrogens with two attached hydrogens (primary N) is 1. The first-order valence-electron chi connectivity index (χ1n) is 9.34. The van der Waals surface area contributed by atoms with Gasteiger partial charge in [-0.2, -0.15) is 0 Å². The number of rotatable bonds is 6. The van der Waals surface area contributed by atoms with Gasteiger partial charge in [-0.25, -0.2) is 9.78 Å². The fourth-order valence-corrected chi connectivity index (χ4v) is 6.94. The Bertz CT molecular complexity index is 927. The summed E-state index contributed by atoms with van der Waals surface area (Å²) in [5.74, 6) is -2.64. The van der Waals surface area contributed by atoms with Crippen LogP contribution in [-0.2, 0) is 27.3 Å². The summed E-state index contributed by atoms with van der Waals surface area (Å²) in [6, 6.07) is -0.336. The number of carboxylic acids is 1. The van der Waals surface area contributed by atoms with Gasteiger partial charge in [0.2, 0.25) is 11.8 Å². The van der Waals surface area contributed by atoms with Crippen molar-refractivity contribution in [2.45, 2.75) is 43.3 Å². The molecule has 1 aromatic heterocycles. The van der Waals surface area contributed by atoms with E-state index in [-0.39, 0.29) is 36.0 Å². The molecule has 0 spiro atoms. The normalized spacial score (nSPS) is 27.5. The Kier molecular flexibility index (Phi) is 5.18. The van der Waals surface area contributed by atoms with Crippen molar-refractivity contribution < 1.29 is 24.6 Å². The Labute approximate surface area is 175 Å². The highest BCUT2D eigenvalue weighted by molar-refractivity contribution is 8.04. The summed E-state index contributed by atoms with van der Waals surface area (Å²) >= 11 is 2.77. The van der Waals surface area contributed by atoms with Crippen LogP contribution in [0.5, 0.6) is 0 Å². The quantitative estimate of drug-likeness (QED) is 0.537. The molecule has 9 nitrogen and oxygen atoms in total. The molecule has 4 heterocycles. The van der Waals surface area contributed by atoms with E-state index in [9.17, 15) is 24.6 Å². The first-order valence-corrected chi connectivity index (χ1v) is 11.0. The minimum atomic E-state index is -1.15. The first kappa shape index (κ1) is 20.3. The molecule has 3 aliphatic heterocycles. The molecule has 4 unspecified atom stereocenters. The fourth-order valence-electron chi connectivity index (χ4n) is 4.37. The summed E-state index contributed by atoms with van der Waals surface area (Å²) in [4.78, 5) is 45.1. The Morgan fingerprint density at radius 2 is 2.17 bits per heavy atom. The lowest BCUT2D eigenvalue weighted by atomic mass is 9.79. The summed E-state index contributed by atoms with van der Waals surface area (Å²) in [5, 5.41) is 19.7. The smallest absolute Gasteiger partial charge is 0.353 e. The maximum atomic E-state index is 12.4. The van der Waals surface area contributed by atoms with Crippen molar-refractivity contribution in [2.75, 3.05) is 13.1 Å². The molecule has 4 rings (SSSR count). The van der Waals surface area contributed by atoms with Crippen LogP contribution >= 0.6 is 23.1 Å². The first-order chi connectivity index (χ1) is 13.7. The van der Waals surface area contributed by atoms with E-state index in [2.05, 4.69) is 4.98 Å². The number of carbonyl (C=O) groups is 3. The zero-order valence-electron chi connectivity index (χ0n) is 16.0. The van der Waals surface area contributed by atoms with Gasteiger partial charge in [-0.3, -0.25) is 14.5 Å². The molecule has 0 aliphatic carbocycles. The molecule has 29 heavy (non-hydrogen) atoms. The summed E-state index contributed by atoms with van der Waals surface area (Å²) in [6.07, 6.45) is -0.119. The number of β-lactam (4-membered cyclic amide) rings is 1. The standard InChI is InChI=1S/C18H22N4O5S2/c1-7-13-12(8(2)23)16(25)22(13)14(17(26)27)15(7)29-18-20-9-3-4-21(6-11(19)24)5-10(9)28-18/h7-8,12-13,23H,3-6H2,1-2H3,(H2,19,24)(H,26,27). The van der Waals surface area contributed by atoms with E-state index in [4.69, 9.17) is 5.73 Å². The molecule has 156 valence electrons. The van der Waals surface area contributed by atoms with Gasteiger partial charge in [0.25, 0.3) is 0 Å². The zero-order chi connectivity index (χ0) is 21.0. The highest BCUT2D eigenvalue weighted by Crippen LogP contribution is 2.52. The SMILES string of the molecule is CC(O)C1C(=O)N2C(C(=O)O)=C(Sc3nc4c(s3)CN(CC(N)=O)CC4)C(C)C12. The predicted octanol–water partition coefficient (Wildman–Crippen LogP) is 0.232. The molecular formula is C18H22N4O5S2. The number of primary amides is 1. The van der Waals surface area contributed by atoms with E-state index in [0.29, 0.717) is 24.4 Å². The second-order valence-electron chi connectivity index (χ2n) is 7.65. The maximum absolute atomic E-state index is 12.4. The van der Waals surface area contributed by atoms with Crippen LogP contribution in [0, 0.1) is 11.8 Å². The predicted molar refractivity (Wildman–Crippen MR) is 106 cm³/mol. The number of amides is 2. The van der Waals surface area contributed by atoms with Gasteiger partial charge >= 0.3 is 5.97 Å². The molecule has 0 bridgehead atoms. The minimum Gasteiger partial charge on any atom is -0.477 e. The number of aromatic nitrogens is 1. The van der Waals surface area contributed by atoms with Crippen molar-refractivity contribution in [3.63, 3.8) is 0 Å². The largest absolute Gasteiger partial charge is 0.477 e. The Morgan fingerprint density at radius 1 is 1.45 bits per heavy atom. The van der Waals surface area contributed by atoms with E-state index in [1.807, 2.05) is 11.8 Å². The Hall–Kier alpha value is -1.95. The molecule has 1 aromatic rings. The lowest BCUT2D eigenvalue weighted by Crippen LogP contribution is -2.63. The molecule has 4 N–H and O–H groups in total. The number of thioether (sulfide) groups is 1. The molecular weight excluding hydrogens is 416 g/mol. The third kappa shape index (κ3) is 3.35. The molecule has 11 heteroatoms. The van der Waals surface area contributed by atoms with E-state index >= 15 is 0 Å². The summed E-state index contributed by atoms with van der Waals surface area (Å²) < 4.78 is 0.722. The molecule has 0 saturated carbocycles. The van der Waals surface area contributed by atoms with Crippen LogP contribution in [0.1, 0.15) is 24.4 Å². The molecule has 2 amide bonds. The summed E-state index contributed by atoms with van der Waals surface area (Å²) in [6.45, 7) is 4.94. The fraction of sp³-hybridized carbons (Fsp3) is 0.556. The van der Waals surface area contributed by atoms with Crippen LogP contribution in [0.2, 0.25) is 0 Å². The van der Waals surface area contributed by atoms with Gasteiger partial charge in [0.05, 0.1) is 30.3 Å². The van der Waals surface area contributed by atoms with E-state index in [1.54, 1.807) is 6.92 Å². The van der Waals surface area contributed by atoms with Gasteiger partial charge in [-0.1, -0.05) is 18.7 Å². The van der Waals surface area contributed by atoms with Crippen molar-refractivity contribution in [3.05, 3.63) is 21.2 Å².